The molecule has 0 saturated heterocycles. The third-order valence-electron chi connectivity index (χ3n) is 5.18. The lowest BCUT2D eigenvalue weighted by molar-refractivity contribution is -0.144. The van der Waals surface area contributed by atoms with Crippen molar-refractivity contribution in [2.24, 2.45) is 0 Å². The first-order valence-corrected chi connectivity index (χ1v) is 15.6. The zero-order valence-electron chi connectivity index (χ0n) is 27.7. The summed E-state index contributed by atoms with van der Waals surface area (Å²) in [6.07, 6.45) is 0. The summed E-state index contributed by atoms with van der Waals surface area (Å²) < 4.78 is 63.6. The molecule has 2 N–H and O–H groups in total. The van der Waals surface area contributed by atoms with Crippen LogP contribution in [0.2, 0.25) is 0 Å². The summed E-state index contributed by atoms with van der Waals surface area (Å²) in [4.78, 5) is 32.8. The Hall–Kier alpha value is -2.29. The van der Waals surface area contributed by atoms with E-state index in [1.54, 1.807) is 6.92 Å². The number of carbonyl (C=O) groups is 3. The zero-order chi connectivity index (χ0) is 34.5. The summed E-state index contributed by atoms with van der Waals surface area (Å²) in [6, 6.07) is 0. The van der Waals surface area contributed by atoms with E-state index >= 15 is 0 Å². The molecule has 0 fully saturated rings. The van der Waals surface area contributed by atoms with Crippen LogP contribution in [0.4, 0.5) is 0 Å². The van der Waals surface area contributed by atoms with Gasteiger partial charge >= 0.3 is 11.9 Å². The predicted octanol–water partition coefficient (Wildman–Crippen LogP) is -0.511. The molecular weight excluding hydrogens is 630 g/mol. The molecule has 0 bridgehead atoms. The Labute approximate surface area is 277 Å². The number of hydrogen-bond donors (Lipinski definition) is 2. The molecule has 0 aliphatic heterocycles. The van der Waals surface area contributed by atoms with Crippen LogP contribution in [0, 0.1) is 0 Å². The topological polar surface area (TPSA) is 194 Å². The van der Waals surface area contributed by atoms with Crippen molar-refractivity contribution in [3.63, 3.8) is 0 Å². The molecule has 0 saturated carbocycles. The Kier molecular flexibility index (Phi) is 34.8. The van der Waals surface area contributed by atoms with Crippen LogP contribution in [0.5, 0.6) is 0 Å². The molecule has 0 spiro atoms. The van der Waals surface area contributed by atoms with Gasteiger partial charge in [0.2, 0.25) is 5.91 Å². The monoisotopic (exact) mass is 685 g/mol. The van der Waals surface area contributed by atoms with Crippen LogP contribution in [0.15, 0.2) is 12.2 Å². The number of aliphatic carboxylic acids is 1. The molecule has 17 nitrogen and oxygen atoms in total. The maximum atomic E-state index is 11.4. The second-order valence-corrected chi connectivity index (χ2v) is 9.28. The standard InChI is InChI=1S/C30H55NO16/c1-27(2)30(35)47-24-23-45-22-21-44-20-19-43-18-17-42-16-15-41-14-13-40-12-11-39-10-9-38-8-7-37-6-5-36-4-3-31-28(32)25-46-26-29(33)34/h1,3-26H2,2H3,(H,31,32)(H,33,34). The van der Waals surface area contributed by atoms with Gasteiger partial charge in [-0.15, -0.1) is 0 Å². The number of ether oxygens (including phenoxy) is 12. The van der Waals surface area contributed by atoms with Crippen LogP contribution in [0.1, 0.15) is 6.92 Å². The smallest absolute Gasteiger partial charge is 0.333 e. The number of carboxylic acid groups (broad SMARTS) is 1. The van der Waals surface area contributed by atoms with E-state index in [9.17, 15) is 14.4 Å². The average molecular weight is 686 g/mol. The van der Waals surface area contributed by atoms with Crippen molar-refractivity contribution in [2.45, 2.75) is 6.92 Å². The van der Waals surface area contributed by atoms with E-state index in [2.05, 4.69) is 16.6 Å². The second kappa shape index (κ2) is 36.5. The Morgan fingerprint density at radius 3 is 1.06 bits per heavy atom. The Bertz CT molecular complexity index is 757. The van der Waals surface area contributed by atoms with Gasteiger partial charge in [-0.2, -0.15) is 0 Å². The van der Waals surface area contributed by atoms with Gasteiger partial charge in [-0.05, 0) is 6.92 Å². The third-order valence-corrected chi connectivity index (χ3v) is 5.18. The fourth-order valence-electron chi connectivity index (χ4n) is 2.94. The Morgan fingerprint density at radius 1 is 0.468 bits per heavy atom. The largest absolute Gasteiger partial charge is 0.480 e. The Balaban J connectivity index is 3.12. The molecular formula is C30H55NO16. The molecule has 0 atom stereocenters. The SMILES string of the molecule is C=C(C)C(=O)OCCOCCOCCOCCOCCOCCOCCOCCOCCOCCOCCNC(=O)COCC(=O)O. The molecule has 0 aliphatic carbocycles. The highest BCUT2D eigenvalue weighted by atomic mass is 16.6. The maximum Gasteiger partial charge on any atom is 0.333 e. The summed E-state index contributed by atoms with van der Waals surface area (Å²) in [5.74, 6) is -1.95. The normalized spacial score (nSPS) is 11.1. The van der Waals surface area contributed by atoms with Gasteiger partial charge < -0.3 is 67.3 Å². The van der Waals surface area contributed by atoms with Crippen molar-refractivity contribution in [1.29, 1.82) is 0 Å². The molecule has 0 rings (SSSR count). The summed E-state index contributed by atoms with van der Waals surface area (Å²) in [5, 5.41) is 11.0. The van der Waals surface area contributed by atoms with E-state index < -0.39 is 24.5 Å². The number of nitrogens with one attached hydrogen (secondary N) is 1. The molecule has 0 aromatic heterocycles. The molecule has 0 aromatic carbocycles. The zero-order valence-corrected chi connectivity index (χ0v) is 27.7. The van der Waals surface area contributed by atoms with Crippen LogP contribution in [0.25, 0.3) is 0 Å². The third kappa shape index (κ3) is 38.0. The van der Waals surface area contributed by atoms with Gasteiger partial charge in [0.15, 0.2) is 0 Å². The van der Waals surface area contributed by atoms with Gasteiger partial charge in [-0.3, -0.25) is 4.79 Å². The van der Waals surface area contributed by atoms with Crippen LogP contribution in [0.3, 0.4) is 0 Å². The van der Waals surface area contributed by atoms with Gasteiger partial charge in [0.1, 0.15) is 19.8 Å². The lowest BCUT2D eigenvalue weighted by Crippen LogP contribution is -2.31. The minimum atomic E-state index is -1.13. The van der Waals surface area contributed by atoms with Crippen molar-refractivity contribution >= 4 is 17.8 Å². The molecule has 0 aromatic rings. The number of carbonyl (C=O) groups excluding carboxylic acids is 2. The number of amides is 1. The lowest BCUT2D eigenvalue weighted by atomic mass is 10.4. The summed E-state index contributed by atoms with van der Waals surface area (Å²) in [7, 11) is 0. The fourth-order valence-corrected chi connectivity index (χ4v) is 2.94. The molecule has 1 amide bonds. The van der Waals surface area contributed by atoms with Crippen molar-refractivity contribution < 1.29 is 76.3 Å². The summed E-state index contributed by atoms with van der Waals surface area (Å²) in [5.41, 5.74) is 0.362. The van der Waals surface area contributed by atoms with Crippen molar-refractivity contribution in [2.75, 3.05) is 159 Å². The van der Waals surface area contributed by atoms with E-state index in [0.29, 0.717) is 144 Å². The van der Waals surface area contributed by atoms with Crippen molar-refractivity contribution in [1.82, 2.24) is 5.32 Å². The van der Waals surface area contributed by atoms with Gasteiger partial charge in [-0.1, -0.05) is 6.58 Å². The molecule has 17 heteroatoms. The minimum Gasteiger partial charge on any atom is -0.480 e. The molecule has 0 radical (unpaired) electrons. The molecule has 0 heterocycles. The van der Waals surface area contributed by atoms with Crippen LogP contribution >= 0.6 is 0 Å². The summed E-state index contributed by atoms with van der Waals surface area (Å²) >= 11 is 0. The highest BCUT2D eigenvalue weighted by Gasteiger charge is 2.04. The first kappa shape index (κ1) is 44.7. The lowest BCUT2D eigenvalue weighted by Gasteiger charge is -2.09. The minimum absolute atomic E-state index is 0.189. The van der Waals surface area contributed by atoms with Gasteiger partial charge in [-0.25, -0.2) is 9.59 Å². The van der Waals surface area contributed by atoms with E-state index in [4.69, 9.17) is 57.2 Å². The van der Waals surface area contributed by atoms with Crippen molar-refractivity contribution in [3.05, 3.63) is 12.2 Å². The molecule has 0 unspecified atom stereocenters. The van der Waals surface area contributed by atoms with Crippen molar-refractivity contribution in [3.8, 4) is 0 Å². The first-order chi connectivity index (χ1) is 22.9. The quantitative estimate of drug-likeness (QED) is 0.0479. The number of carboxylic acids is 1. The maximum absolute atomic E-state index is 11.4. The fraction of sp³-hybridized carbons (Fsp3) is 0.833. The van der Waals surface area contributed by atoms with E-state index in [0.717, 1.165) is 0 Å². The summed E-state index contributed by atoms with van der Waals surface area (Å²) in [6.45, 7) is 13.4. The molecule has 276 valence electrons. The number of esters is 1. The van der Waals surface area contributed by atoms with Crippen LogP contribution in [-0.4, -0.2) is 181 Å². The molecule has 0 aliphatic rings. The highest BCUT2D eigenvalue weighted by Crippen LogP contribution is 1.92. The second-order valence-electron chi connectivity index (χ2n) is 9.28. The van der Waals surface area contributed by atoms with E-state index in [1.165, 1.54) is 0 Å². The van der Waals surface area contributed by atoms with E-state index in [1.807, 2.05) is 0 Å². The van der Waals surface area contributed by atoms with Gasteiger partial charge in [0.25, 0.3) is 0 Å². The van der Waals surface area contributed by atoms with Gasteiger partial charge in [0, 0.05) is 12.1 Å². The number of rotatable bonds is 38. The van der Waals surface area contributed by atoms with Gasteiger partial charge in [0.05, 0.1) is 132 Å². The number of hydrogen-bond acceptors (Lipinski definition) is 15. The van der Waals surface area contributed by atoms with Crippen LogP contribution in [-0.2, 0) is 71.2 Å². The average Bonchev–Trinajstić information content (AvgIpc) is 3.04. The van der Waals surface area contributed by atoms with Crippen LogP contribution < -0.4 is 5.32 Å². The first-order valence-electron chi connectivity index (χ1n) is 15.6. The van der Waals surface area contributed by atoms with E-state index in [-0.39, 0.29) is 13.2 Å². The highest BCUT2D eigenvalue weighted by molar-refractivity contribution is 5.86. The Morgan fingerprint density at radius 2 is 0.766 bits per heavy atom. The molecule has 47 heavy (non-hydrogen) atoms. The predicted molar refractivity (Wildman–Crippen MR) is 165 cm³/mol.